The van der Waals surface area contributed by atoms with Crippen LogP contribution in [0.2, 0.25) is 0 Å². The molecule has 0 nitrogen and oxygen atoms in total. The molecule has 0 saturated carbocycles. The summed E-state index contributed by atoms with van der Waals surface area (Å²) in [5.41, 5.74) is 1.01. The van der Waals surface area contributed by atoms with Crippen LogP contribution < -0.4 is 0 Å². The largest absolute Gasteiger partial charge is 0.128 e. The van der Waals surface area contributed by atoms with Gasteiger partial charge in [-0.15, -0.1) is 0 Å². The van der Waals surface area contributed by atoms with Gasteiger partial charge in [-0.25, -0.2) is 0 Å². The molecule has 0 aliphatic rings. The Morgan fingerprint density at radius 3 is 2.25 bits per heavy atom. The van der Waals surface area contributed by atoms with Crippen LogP contribution in [-0.4, -0.2) is 0 Å². The molecule has 64 valence electrons. The maximum Gasteiger partial charge on any atom is 0.128 e. The van der Waals surface area contributed by atoms with Crippen molar-refractivity contribution in [1.82, 2.24) is 0 Å². The fraction of sp³-hybridized carbons (Fsp3) is 0. The van der Waals surface area contributed by atoms with Gasteiger partial charge in [0.15, 0.2) is 0 Å². The van der Waals surface area contributed by atoms with Gasteiger partial charge in [0.05, 0.1) is 4.77 Å². The molecule has 0 fully saturated rings. The summed E-state index contributed by atoms with van der Waals surface area (Å²) in [7, 11) is 0. The molecule has 1 aromatic rings. The van der Waals surface area contributed by atoms with Crippen molar-refractivity contribution in [2.24, 2.45) is 0 Å². The Bertz CT molecular complexity index is 269. The molecule has 0 unspecified atom stereocenters. The highest BCUT2D eigenvalue weighted by Gasteiger charge is 2.03. The molecule has 0 amide bonds. The second-order valence-electron chi connectivity index (χ2n) is 2.11. The average Bonchev–Trinajstić information content (AvgIpc) is 2.06. The number of benzene rings is 1. The third-order valence-electron chi connectivity index (χ3n) is 1.25. The number of hydrogen-bond donors (Lipinski definition) is 0. The first kappa shape index (κ1) is 10.3. The van der Waals surface area contributed by atoms with Gasteiger partial charge < -0.3 is 0 Å². The van der Waals surface area contributed by atoms with E-state index in [4.69, 9.17) is 34.1 Å². The lowest BCUT2D eigenvalue weighted by Crippen LogP contribution is -1.68. The van der Waals surface area contributed by atoms with Gasteiger partial charge in [-0.05, 0) is 11.6 Å². The molecule has 0 aliphatic carbocycles. The summed E-state index contributed by atoms with van der Waals surface area (Å²) in [5.74, 6) is 0. The van der Waals surface area contributed by atoms with E-state index in [-0.39, 0.29) is 0 Å². The highest BCUT2D eigenvalue weighted by Crippen LogP contribution is 2.56. The number of rotatable bonds is 2. The molecule has 0 heterocycles. The van der Waals surface area contributed by atoms with Gasteiger partial charge in [0.2, 0.25) is 0 Å². The second kappa shape index (κ2) is 5.09. The third-order valence-corrected chi connectivity index (χ3v) is 3.93. The van der Waals surface area contributed by atoms with Crippen molar-refractivity contribution in [3.8, 4) is 0 Å². The van der Waals surface area contributed by atoms with E-state index >= 15 is 0 Å². The monoisotopic (exact) mass is 238 g/mol. The first-order valence-corrected chi connectivity index (χ1v) is 6.77. The fourth-order valence-corrected chi connectivity index (χ4v) is 1.40. The fourth-order valence-electron chi connectivity index (χ4n) is 0.736. The second-order valence-corrected chi connectivity index (χ2v) is 6.28. The normalized spacial score (nSPS) is 12.2. The van der Waals surface area contributed by atoms with E-state index in [1.54, 1.807) is 6.08 Å². The van der Waals surface area contributed by atoms with Crippen LogP contribution >= 0.6 is 40.7 Å². The lowest BCUT2D eigenvalue weighted by molar-refractivity contribution is 1.66. The van der Waals surface area contributed by atoms with Crippen molar-refractivity contribution in [3.63, 3.8) is 0 Å². The highest BCUT2D eigenvalue weighted by molar-refractivity contribution is 8.07. The molecular formula is C8H6Cl3P. The summed E-state index contributed by atoms with van der Waals surface area (Å²) in [5, 5.41) is 0. The summed E-state index contributed by atoms with van der Waals surface area (Å²) < 4.78 is 0.500. The van der Waals surface area contributed by atoms with Gasteiger partial charge in [-0.1, -0.05) is 64.4 Å². The molecule has 0 N–H and O–H groups in total. The van der Waals surface area contributed by atoms with E-state index in [1.165, 1.54) is 0 Å². The Balaban J connectivity index is 2.81. The molecule has 1 rings (SSSR count). The van der Waals surface area contributed by atoms with Crippen molar-refractivity contribution in [1.29, 1.82) is 0 Å². The molecule has 0 saturated heterocycles. The minimum Gasteiger partial charge on any atom is -0.0812 e. The van der Waals surface area contributed by atoms with Crippen LogP contribution in [0.25, 0.3) is 6.08 Å². The van der Waals surface area contributed by atoms with E-state index in [1.807, 2.05) is 30.3 Å². The summed E-state index contributed by atoms with van der Waals surface area (Å²) >= 11 is 17.0. The van der Waals surface area contributed by atoms with Crippen molar-refractivity contribution >= 4 is 46.8 Å². The molecule has 0 aliphatic heterocycles. The van der Waals surface area contributed by atoms with Crippen molar-refractivity contribution in [2.75, 3.05) is 0 Å². The molecule has 0 aromatic heterocycles. The minimum absolute atomic E-state index is 0.500. The van der Waals surface area contributed by atoms with E-state index in [9.17, 15) is 0 Å². The van der Waals surface area contributed by atoms with Crippen LogP contribution in [0.1, 0.15) is 5.56 Å². The summed E-state index contributed by atoms with van der Waals surface area (Å²) in [6.07, 6.45) is 1.77. The van der Waals surface area contributed by atoms with Gasteiger partial charge in [0.25, 0.3) is 0 Å². The first-order valence-electron chi connectivity index (χ1n) is 3.24. The van der Waals surface area contributed by atoms with Gasteiger partial charge in [-0.2, -0.15) is 0 Å². The SMILES string of the molecule is Cl/C(=C\c1ccccc1)P(Cl)Cl. The molecule has 0 bridgehead atoms. The third kappa shape index (κ3) is 3.33. The van der Waals surface area contributed by atoms with Crippen molar-refractivity contribution in [3.05, 3.63) is 40.7 Å². The molecule has 0 atom stereocenters. The van der Waals surface area contributed by atoms with Crippen LogP contribution in [-0.2, 0) is 0 Å². The summed E-state index contributed by atoms with van der Waals surface area (Å²) in [6.45, 7) is -1.21. The van der Waals surface area contributed by atoms with E-state index in [0.717, 1.165) is 5.56 Å². The Morgan fingerprint density at radius 1 is 1.17 bits per heavy atom. The standard InChI is InChI=1S/C8H6Cl3P/c9-8(12(10)11)6-7-4-2-1-3-5-7/h1-6H/b8-6+. The van der Waals surface area contributed by atoms with Crippen molar-refractivity contribution < 1.29 is 0 Å². The smallest absolute Gasteiger partial charge is 0.0812 e. The first-order chi connectivity index (χ1) is 5.70. The molecule has 4 heteroatoms. The molecule has 1 aromatic carbocycles. The lowest BCUT2D eigenvalue weighted by Gasteiger charge is -1.97. The molecule has 12 heavy (non-hydrogen) atoms. The highest BCUT2D eigenvalue weighted by atomic mass is 35.9. The predicted octanol–water partition coefficient (Wildman–Crippen LogP) is 5.01. The zero-order valence-electron chi connectivity index (χ0n) is 6.05. The molecule has 0 radical (unpaired) electrons. The summed E-state index contributed by atoms with van der Waals surface area (Å²) in [4.78, 5) is 0. The van der Waals surface area contributed by atoms with Crippen LogP contribution in [0.4, 0.5) is 0 Å². The molecular weight excluding hydrogens is 233 g/mol. The van der Waals surface area contributed by atoms with Gasteiger partial charge in [0.1, 0.15) is 6.63 Å². The number of hydrogen-bond acceptors (Lipinski definition) is 0. The van der Waals surface area contributed by atoms with Crippen molar-refractivity contribution in [2.45, 2.75) is 0 Å². The van der Waals surface area contributed by atoms with Gasteiger partial charge in [-0.3, -0.25) is 0 Å². The zero-order valence-corrected chi connectivity index (χ0v) is 9.21. The van der Waals surface area contributed by atoms with Crippen LogP contribution in [0.3, 0.4) is 0 Å². The summed E-state index contributed by atoms with van der Waals surface area (Å²) in [6, 6.07) is 9.68. The quantitative estimate of drug-likeness (QED) is 0.636. The maximum atomic E-state index is 5.78. The zero-order chi connectivity index (χ0) is 8.97. The Kier molecular flexibility index (Phi) is 4.39. The van der Waals surface area contributed by atoms with E-state index in [2.05, 4.69) is 0 Å². The Hall–Kier alpha value is 0.260. The predicted molar refractivity (Wildman–Crippen MR) is 58.9 cm³/mol. The van der Waals surface area contributed by atoms with Crippen LogP contribution in [0.5, 0.6) is 0 Å². The van der Waals surface area contributed by atoms with E-state index < -0.39 is 6.63 Å². The lowest BCUT2D eigenvalue weighted by atomic mass is 10.2. The van der Waals surface area contributed by atoms with Gasteiger partial charge in [0, 0.05) is 0 Å². The minimum atomic E-state index is -1.21. The Labute approximate surface area is 87.5 Å². The number of halogens is 3. The van der Waals surface area contributed by atoms with Gasteiger partial charge >= 0.3 is 0 Å². The van der Waals surface area contributed by atoms with E-state index in [0.29, 0.717) is 4.77 Å². The maximum absolute atomic E-state index is 5.78. The van der Waals surface area contributed by atoms with Crippen LogP contribution in [0.15, 0.2) is 35.1 Å². The topological polar surface area (TPSA) is 0 Å². The molecule has 0 spiro atoms. The van der Waals surface area contributed by atoms with Crippen LogP contribution in [0, 0.1) is 0 Å². The Morgan fingerprint density at radius 2 is 1.75 bits per heavy atom. The average molecular weight is 239 g/mol.